The Morgan fingerprint density at radius 1 is 1.21 bits per heavy atom. The first kappa shape index (κ1) is 21.5. The van der Waals surface area contributed by atoms with E-state index in [1.165, 1.54) is 6.08 Å². The van der Waals surface area contributed by atoms with E-state index in [0.29, 0.717) is 27.1 Å². The molecule has 29 heavy (non-hydrogen) atoms. The van der Waals surface area contributed by atoms with Crippen molar-refractivity contribution in [3.05, 3.63) is 51.0 Å². The smallest absolute Gasteiger partial charge is 0.326 e. The molecule has 0 N–H and O–H groups in total. The fourth-order valence-electron chi connectivity index (χ4n) is 2.54. The Hall–Kier alpha value is -2.22. The lowest BCUT2D eigenvalue weighted by molar-refractivity contribution is -0.156. The summed E-state index contributed by atoms with van der Waals surface area (Å²) in [5, 5.41) is 0.204. The van der Waals surface area contributed by atoms with Crippen LogP contribution in [0.5, 0.6) is 0 Å². The Bertz CT molecular complexity index is 1020. The van der Waals surface area contributed by atoms with E-state index in [9.17, 15) is 14.4 Å². The molecule has 3 rings (SSSR count). The van der Waals surface area contributed by atoms with Crippen LogP contribution in [0.1, 0.15) is 26.5 Å². The minimum atomic E-state index is -0.707. The number of nitrogens with zero attached hydrogens (tertiary/aromatic N) is 1. The van der Waals surface area contributed by atoms with Crippen LogP contribution < -0.4 is 0 Å². The molecule has 2 heterocycles. The number of amides is 2. The second-order valence-corrected chi connectivity index (χ2v) is 8.94. The van der Waals surface area contributed by atoms with Crippen LogP contribution in [0, 0.1) is 0 Å². The van der Waals surface area contributed by atoms with Crippen molar-refractivity contribution in [1.29, 1.82) is 0 Å². The lowest BCUT2D eigenvalue weighted by Crippen LogP contribution is -2.37. The third-order valence-electron chi connectivity index (χ3n) is 3.70. The third kappa shape index (κ3) is 5.04. The molecular weight excluding hydrogens is 437 g/mol. The first-order valence-electron chi connectivity index (χ1n) is 8.56. The molecule has 0 spiro atoms. The highest BCUT2D eigenvalue weighted by Crippen LogP contribution is 2.36. The molecule has 1 aliphatic heterocycles. The number of rotatable bonds is 4. The highest BCUT2D eigenvalue weighted by molar-refractivity contribution is 8.18. The summed E-state index contributed by atoms with van der Waals surface area (Å²) >= 11 is 13.0. The number of hydrogen-bond acceptors (Lipinski definition) is 6. The SMILES string of the molecule is CC(C)(C)OC(=O)CN1C(=O)SC(=Cc2ccc(-c3cccc(Cl)c3Cl)o2)C1=O. The monoisotopic (exact) mass is 453 g/mol. The maximum atomic E-state index is 12.5. The number of carbonyl (C=O) groups excluding carboxylic acids is 3. The van der Waals surface area contributed by atoms with Gasteiger partial charge in [0.2, 0.25) is 0 Å². The van der Waals surface area contributed by atoms with Gasteiger partial charge in [0.1, 0.15) is 23.7 Å². The Balaban J connectivity index is 1.77. The van der Waals surface area contributed by atoms with Gasteiger partial charge < -0.3 is 9.15 Å². The van der Waals surface area contributed by atoms with E-state index >= 15 is 0 Å². The predicted molar refractivity (Wildman–Crippen MR) is 113 cm³/mol. The minimum Gasteiger partial charge on any atom is -0.459 e. The van der Waals surface area contributed by atoms with E-state index in [4.69, 9.17) is 32.4 Å². The van der Waals surface area contributed by atoms with Gasteiger partial charge in [-0.05, 0) is 56.8 Å². The zero-order chi connectivity index (χ0) is 21.3. The number of ether oxygens (including phenoxy) is 1. The first-order valence-corrected chi connectivity index (χ1v) is 10.1. The summed E-state index contributed by atoms with van der Waals surface area (Å²) in [6.45, 7) is 4.68. The second kappa shape index (κ2) is 8.26. The van der Waals surface area contributed by atoms with Gasteiger partial charge in [-0.25, -0.2) is 0 Å². The van der Waals surface area contributed by atoms with Crippen molar-refractivity contribution < 1.29 is 23.5 Å². The van der Waals surface area contributed by atoms with E-state index in [1.807, 2.05) is 0 Å². The summed E-state index contributed by atoms with van der Waals surface area (Å²) < 4.78 is 10.9. The Morgan fingerprint density at radius 2 is 1.93 bits per heavy atom. The lowest BCUT2D eigenvalue weighted by atomic mass is 10.2. The Morgan fingerprint density at radius 3 is 2.62 bits per heavy atom. The summed E-state index contributed by atoms with van der Waals surface area (Å²) in [6.07, 6.45) is 1.45. The number of furan rings is 1. The average Bonchev–Trinajstić information content (AvgIpc) is 3.16. The second-order valence-electron chi connectivity index (χ2n) is 7.16. The number of thioether (sulfide) groups is 1. The highest BCUT2D eigenvalue weighted by atomic mass is 35.5. The summed E-state index contributed by atoms with van der Waals surface area (Å²) in [7, 11) is 0. The van der Waals surface area contributed by atoms with Crippen LogP contribution in [0.15, 0.2) is 39.7 Å². The van der Waals surface area contributed by atoms with Gasteiger partial charge in [0.15, 0.2) is 0 Å². The number of hydrogen-bond donors (Lipinski definition) is 0. The Labute approximate surface area is 181 Å². The first-order chi connectivity index (χ1) is 13.5. The minimum absolute atomic E-state index is 0.150. The van der Waals surface area contributed by atoms with Gasteiger partial charge >= 0.3 is 5.97 Å². The molecule has 152 valence electrons. The van der Waals surface area contributed by atoms with Gasteiger partial charge in [-0.3, -0.25) is 19.3 Å². The van der Waals surface area contributed by atoms with Gasteiger partial charge in [-0.15, -0.1) is 0 Å². The maximum absolute atomic E-state index is 12.5. The van der Waals surface area contributed by atoms with E-state index in [-0.39, 0.29) is 4.91 Å². The van der Waals surface area contributed by atoms with Gasteiger partial charge in [-0.2, -0.15) is 0 Å². The molecule has 6 nitrogen and oxygen atoms in total. The zero-order valence-electron chi connectivity index (χ0n) is 15.8. The molecule has 9 heteroatoms. The normalized spacial score (nSPS) is 16.0. The molecule has 1 aromatic carbocycles. The van der Waals surface area contributed by atoms with Crippen molar-refractivity contribution in [3.8, 4) is 11.3 Å². The molecule has 0 radical (unpaired) electrons. The molecule has 1 aromatic heterocycles. The number of imide groups is 1. The van der Waals surface area contributed by atoms with Crippen molar-refractivity contribution in [1.82, 2.24) is 4.90 Å². The average molecular weight is 454 g/mol. The van der Waals surface area contributed by atoms with Crippen molar-refractivity contribution in [2.75, 3.05) is 6.54 Å². The molecule has 1 saturated heterocycles. The number of benzene rings is 1. The van der Waals surface area contributed by atoms with Gasteiger partial charge in [-0.1, -0.05) is 29.3 Å². The molecular formula is C20H17Cl2NO5S. The number of halogens is 2. The molecule has 0 aliphatic carbocycles. The largest absolute Gasteiger partial charge is 0.459 e. The van der Waals surface area contributed by atoms with Gasteiger partial charge in [0.05, 0.1) is 15.0 Å². The van der Waals surface area contributed by atoms with Crippen molar-refractivity contribution in [3.63, 3.8) is 0 Å². The fraction of sp³-hybridized carbons (Fsp3) is 0.250. The molecule has 1 aliphatic rings. The topological polar surface area (TPSA) is 76.8 Å². The van der Waals surface area contributed by atoms with E-state index in [2.05, 4.69) is 0 Å². The van der Waals surface area contributed by atoms with Crippen LogP contribution >= 0.6 is 35.0 Å². The summed E-state index contributed by atoms with van der Waals surface area (Å²) in [5.41, 5.74) is -0.0993. The predicted octanol–water partition coefficient (Wildman–Crippen LogP) is 5.63. The van der Waals surface area contributed by atoms with Crippen molar-refractivity contribution >= 4 is 58.2 Å². The van der Waals surface area contributed by atoms with Crippen LogP contribution in [0.4, 0.5) is 4.79 Å². The fourth-order valence-corrected chi connectivity index (χ4v) is 3.75. The number of carbonyl (C=O) groups is 3. The molecule has 0 bridgehead atoms. The maximum Gasteiger partial charge on any atom is 0.326 e. The summed E-state index contributed by atoms with van der Waals surface area (Å²) in [5.74, 6) is -0.405. The quantitative estimate of drug-likeness (QED) is 0.440. The summed E-state index contributed by atoms with van der Waals surface area (Å²) in [4.78, 5) is 37.6. The highest BCUT2D eigenvalue weighted by Gasteiger charge is 2.37. The van der Waals surface area contributed by atoms with Crippen molar-refractivity contribution in [2.24, 2.45) is 0 Å². The lowest BCUT2D eigenvalue weighted by Gasteiger charge is -2.21. The van der Waals surface area contributed by atoms with Crippen molar-refractivity contribution in [2.45, 2.75) is 26.4 Å². The zero-order valence-corrected chi connectivity index (χ0v) is 18.2. The van der Waals surface area contributed by atoms with Crippen LogP contribution in [-0.4, -0.2) is 34.2 Å². The van der Waals surface area contributed by atoms with E-state index in [0.717, 1.165) is 16.7 Å². The van der Waals surface area contributed by atoms with Crippen LogP contribution in [0.3, 0.4) is 0 Å². The molecule has 1 fully saturated rings. The molecule has 0 atom stereocenters. The standard InChI is InChI=1S/C20H17Cl2NO5S/c1-20(2,3)28-16(24)10-23-18(25)15(29-19(23)26)9-11-7-8-14(27-11)12-5-4-6-13(21)17(12)22/h4-9H,10H2,1-3H3. The number of esters is 1. The van der Waals surface area contributed by atoms with Crippen LogP contribution in [0.25, 0.3) is 17.4 Å². The van der Waals surface area contributed by atoms with E-state index < -0.39 is 29.3 Å². The van der Waals surface area contributed by atoms with Crippen LogP contribution in [-0.2, 0) is 14.3 Å². The third-order valence-corrected chi connectivity index (χ3v) is 5.42. The molecule has 0 saturated carbocycles. The van der Waals surface area contributed by atoms with Gasteiger partial charge in [0, 0.05) is 11.6 Å². The summed E-state index contributed by atoms with van der Waals surface area (Å²) in [6, 6.07) is 8.50. The van der Waals surface area contributed by atoms with Gasteiger partial charge in [0.25, 0.3) is 11.1 Å². The molecule has 2 aromatic rings. The molecule has 2 amide bonds. The van der Waals surface area contributed by atoms with E-state index in [1.54, 1.807) is 51.1 Å². The van der Waals surface area contributed by atoms with Crippen LogP contribution in [0.2, 0.25) is 10.0 Å². The Kier molecular flexibility index (Phi) is 6.12. The molecule has 0 unspecified atom stereocenters.